The van der Waals surface area contributed by atoms with Crippen LogP contribution in [0.15, 0.2) is 44.8 Å². The summed E-state index contributed by atoms with van der Waals surface area (Å²) >= 11 is 11.0. The van der Waals surface area contributed by atoms with Crippen LogP contribution in [0.2, 0.25) is 5.02 Å². The molecule has 9 heteroatoms. The Morgan fingerprint density at radius 3 is 2.79 bits per heavy atom. The van der Waals surface area contributed by atoms with E-state index in [2.05, 4.69) is 31.2 Å². The van der Waals surface area contributed by atoms with Gasteiger partial charge >= 0.3 is 0 Å². The molecule has 0 saturated carbocycles. The van der Waals surface area contributed by atoms with E-state index < -0.39 is 0 Å². The Bertz CT molecular complexity index is 1100. The molecule has 0 bridgehead atoms. The molecule has 0 amide bonds. The van der Waals surface area contributed by atoms with Crippen LogP contribution < -0.4 is 10.7 Å². The molecule has 0 saturated heterocycles. The number of pyridine rings is 2. The molecule has 0 radical (unpaired) electrons. The van der Waals surface area contributed by atoms with E-state index >= 15 is 0 Å². The minimum atomic E-state index is -0.365. The number of hydrogen-bond donors (Lipinski definition) is 2. The van der Waals surface area contributed by atoms with Gasteiger partial charge in [0, 0.05) is 30.1 Å². The molecule has 0 aliphatic heterocycles. The van der Waals surface area contributed by atoms with Gasteiger partial charge in [0.05, 0.1) is 33.1 Å². The van der Waals surface area contributed by atoms with E-state index in [1.165, 1.54) is 18.7 Å². The average molecular weight is 497 g/mol. The van der Waals surface area contributed by atoms with E-state index in [1.54, 1.807) is 25.4 Å². The van der Waals surface area contributed by atoms with Crippen LogP contribution in [0.5, 0.6) is 0 Å². The van der Waals surface area contributed by atoms with Gasteiger partial charge in [0.25, 0.3) is 0 Å². The lowest BCUT2D eigenvalue weighted by atomic mass is 10.1. The maximum absolute atomic E-state index is 13.0. The first kappa shape index (κ1) is 21.8. The minimum Gasteiger partial charge on any atom is -0.383 e. The van der Waals surface area contributed by atoms with E-state index in [9.17, 15) is 9.59 Å². The van der Waals surface area contributed by atoms with Crippen molar-refractivity contribution < 1.29 is 9.53 Å². The van der Waals surface area contributed by atoms with E-state index in [1.807, 2.05) is 12.1 Å². The van der Waals surface area contributed by atoms with E-state index in [4.69, 9.17) is 16.3 Å². The highest BCUT2D eigenvalue weighted by Gasteiger charge is 2.19. The Morgan fingerprint density at radius 1 is 1.34 bits per heavy atom. The number of aromatic amines is 1. The molecule has 29 heavy (non-hydrogen) atoms. The molecule has 2 aromatic heterocycles. The SMILES string of the molecule is COCCNc1ccc(CSc2[nH]c3c(Br)ccc(Cl)c3c(=O)c2C(C)=O)cn1. The van der Waals surface area contributed by atoms with Crippen molar-refractivity contribution in [2.45, 2.75) is 17.7 Å². The normalized spacial score (nSPS) is 11.0. The highest BCUT2D eigenvalue weighted by atomic mass is 79.9. The lowest BCUT2D eigenvalue weighted by Crippen LogP contribution is -2.17. The molecule has 2 heterocycles. The van der Waals surface area contributed by atoms with Crippen LogP contribution in [0.25, 0.3) is 10.9 Å². The molecule has 6 nitrogen and oxygen atoms in total. The number of ketones is 1. The van der Waals surface area contributed by atoms with Crippen LogP contribution in [0, 0.1) is 0 Å². The second-order valence-corrected chi connectivity index (χ2v) is 8.50. The minimum absolute atomic E-state index is 0.119. The standard InChI is InChI=1S/C20H19BrClN3O3S/c1-11(26)16-19(27)17-14(22)5-4-13(21)18(17)25-20(16)29-10-12-3-6-15(24-9-12)23-7-8-28-2/h3-6,9H,7-8,10H2,1-2H3,(H,23,24)(H,25,27). The van der Waals surface area contributed by atoms with Gasteiger partial charge in [0.1, 0.15) is 5.82 Å². The predicted octanol–water partition coefficient (Wildman–Crippen LogP) is 4.89. The number of carbonyl (C=O) groups excluding carboxylic acids is 1. The number of thioether (sulfide) groups is 1. The maximum atomic E-state index is 13.0. The second-order valence-electron chi connectivity index (χ2n) is 6.25. The van der Waals surface area contributed by atoms with Crippen LogP contribution in [-0.2, 0) is 10.5 Å². The van der Waals surface area contributed by atoms with Gasteiger partial charge in [-0.1, -0.05) is 17.7 Å². The fourth-order valence-corrected chi connectivity index (χ4v) is 4.49. The highest BCUT2D eigenvalue weighted by molar-refractivity contribution is 9.10. The highest BCUT2D eigenvalue weighted by Crippen LogP contribution is 2.31. The van der Waals surface area contributed by atoms with Crippen LogP contribution in [0.3, 0.4) is 0 Å². The van der Waals surface area contributed by atoms with Gasteiger partial charge < -0.3 is 15.0 Å². The number of halogens is 2. The molecule has 2 N–H and O–H groups in total. The summed E-state index contributed by atoms with van der Waals surface area (Å²) in [6.45, 7) is 2.66. The van der Waals surface area contributed by atoms with Gasteiger partial charge in [-0.2, -0.15) is 0 Å². The molecule has 1 aromatic carbocycles. The Morgan fingerprint density at radius 2 is 2.14 bits per heavy atom. The molecule has 0 aliphatic carbocycles. The summed E-state index contributed by atoms with van der Waals surface area (Å²) in [6, 6.07) is 7.24. The molecular formula is C20H19BrClN3O3S. The summed E-state index contributed by atoms with van der Waals surface area (Å²) in [5.41, 5.74) is 1.29. The number of nitrogens with zero attached hydrogens (tertiary/aromatic N) is 1. The Hall–Kier alpha value is -1.87. The van der Waals surface area contributed by atoms with Crippen LogP contribution >= 0.6 is 39.3 Å². The van der Waals surface area contributed by atoms with Gasteiger partial charge in [-0.05, 0) is 46.6 Å². The van der Waals surface area contributed by atoms with E-state index in [-0.39, 0.29) is 16.8 Å². The van der Waals surface area contributed by atoms with E-state index in [0.717, 1.165) is 11.4 Å². The topological polar surface area (TPSA) is 84.1 Å². The fourth-order valence-electron chi connectivity index (χ4n) is 2.78. The smallest absolute Gasteiger partial charge is 0.202 e. The summed E-state index contributed by atoms with van der Waals surface area (Å²) in [7, 11) is 1.65. The first-order chi connectivity index (χ1) is 13.9. The summed E-state index contributed by atoms with van der Waals surface area (Å²) in [6.07, 6.45) is 1.77. The van der Waals surface area contributed by atoms with Crippen LogP contribution in [0.4, 0.5) is 5.82 Å². The van der Waals surface area contributed by atoms with E-state index in [0.29, 0.717) is 44.3 Å². The average Bonchev–Trinajstić information content (AvgIpc) is 2.70. The third-order valence-corrected chi connectivity index (χ3v) is 6.24. The lowest BCUT2D eigenvalue weighted by Gasteiger charge is -2.11. The Kier molecular flexibility index (Phi) is 7.34. The number of benzene rings is 1. The number of ether oxygens (including phenoxy) is 1. The molecule has 0 spiro atoms. The zero-order valence-electron chi connectivity index (χ0n) is 15.8. The van der Waals surface area contributed by atoms with Crippen LogP contribution in [-0.4, -0.2) is 36.0 Å². The number of rotatable bonds is 8. The first-order valence-electron chi connectivity index (χ1n) is 8.77. The van der Waals surface area contributed by atoms with Crippen molar-refractivity contribution in [1.29, 1.82) is 0 Å². The van der Waals surface area contributed by atoms with Gasteiger partial charge in [-0.3, -0.25) is 9.59 Å². The number of anilines is 1. The second kappa shape index (κ2) is 9.75. The van der Waals surface area contributed by atoms with Crippen LogP contribution in [0.1, 0.15) is 22.8 Å². The van der Waals surface area contributed by atoms with Gasteiger partial charge in [-0.15, -0.1) is 11.8 Å². The molecule has 0 unspecified atom stereocenters. The van der Waals surface area contributed by atoms with Crippen molar-refractivity contribution >= 4 is 61.8 Å². The number of methoxy groups -OCH3 is 1. The largest absolute Gasteiger partial charge is 0.383 e. The van der Waals surface area contributed by atoms with Gasteiger partial charge in [0.2, 0.25) is 5.43 Å². The van der Waals surface area contributed by atoms with Crippen molar-refractivity contribution in [1.82, 2.24) is 9.97 Å². The maximum Gasteiger partial charge on any atom is 0.202 e. The number of H-pyrrole nitrogens is 1. The van der Waals surface area contributed by atoms with Crippen molar-refractivity contribution in [3.05, 3.63) is 61.3 Å². The molecular weight excluding hydrogens is 478 g/mol. The number of Topliss-reactive ketones (excluding diaryl/α,β-unsaturated/α-hetero) is 1. The summed E-state index contributed by atoms with van der Waals surface area (Å²) in [5.74, 6) is 1.01. The molecule has 0 aliphatic rings. The fraction of sp³-hybridized carbons (Fsp3) is 0.250. The lowest BCUT2D eigenvalue weighted by molar-refractivity contribution is 0.101. The summed E-state index contributed by atoms with van der Waals surface area (Å²) in [5, 5.41) is 4.29. The number of carbonyl (C=O) groups is 1. The predicted molar refractivity (Wildman–Crippen MR) is 121 cm³/mol. The first-order valence-corrected chi connectivity index (χ1v) is 10.9. The third-order valence-electron chi connectivity index (χ3n) is 4.20. The number of nitrogens with one attached hydrogen (secondary N) is 2. The van der Waals surface area contributed by atoms with Gasteiger partial charge in [-0.25, -0.2) is 4.98 Å². The molecule has 3 aromatic rings. The zero-order valence-corrected chi connectivity index (χ0v) is 19.0. The van der Waals surface area contributed by atoms with Crippen molar-refractivity contribution in [3.8, 4) is 0 Å². The molecule has 152 valence electrons. The number of hydrogen-bond acceptors (Lipinski definition) is 6. The molecule has 0 atom stereocenters. The summed E-state index contributed by atoms with van der Waals surface area (Å²) < 4.78 is 5.71. The Labute approximate surface area is 185 Å². The number of fused-ring (bicyclic) bond motifs is 1. The van der Waals surface area contributed by atoms with Crippen molar-refractivity contribution in [3.63, 3.8) is 0 Å². The van der Waals surface area contributed by atoms with Gasteiger partial charge in [0.15, 0.2) is 5.78 Å². The monoisotopic (exact) mass is 495 g/mol. The summed E-state index contributed by atoms with van der Waals surface area (Å²) in [4.78, 5) is 32.7. The third kappa shape index (κ3) is 5.01. The zero-order chi connectivity index (χ0) is 21.0. The molecule has 3 rings (SSSR count). The Balaban J connectivity index is 1.88. The number of aromatic nitrogens is 2. The quantitative estimate of drug-likeness (QED) is 0.262. The molecule has 0 fully saturated rings. The van der Waals surface area contributed by atoms with Crippen molar-refractivity contribution in [2.75, 3.05) is 25.6 Å². The van der Waals surface area contributed by atoms with Crippen molar-refractivity contribution in [2.24, 2.45) is 0 Å².